The number of aromatic nitrogens is 1. The minimum Gasteiger partial charge on any atom is -0.453 e. The maximum absolute atomic E-state index is 11.9. The Kier molecular flexibility index (Phi) is 5.12. The summed E-state index contributed by atoms with van der Waals surface area (Å²) in [6, 6.07) is 13.0. The highest BCUT2D eigenvalue weighted by atomic mass is 16.7. The molecule has 1 aromatic carbocycles. The largest absolute Gasteiger partial charge is 0.453 e. The molecule has 26 heavy (non-hydrogen) atoms. The number of hydrazone groups is 1. The number of amides is 1. The van der Waals surface area contributed by atoms with E-state index in [-0.39, 0.29) is 5.91 Å². The van der Waals surface area contributed by atoms with E-state index >= 15 is 0 Å². The lowest BCUT2D eigenvalue weighted by molar-refractivity contribution is -0.149. The van der Waals surface area contributed by atoms with E-state index in [0.29, 0.717) is 17.1 Å². The Bertz CT molecular complexity index is 856. The van der Waals surface area contributed by atoms with Gasteiger partial charge in [0.15, 0.2) is 0 Å². The van der Waals surface area contributed by atoms with E-state index in [1.807, 2.05) is 44.2 Å². The normalized spacial score (nSPS) is 17.3. The van der Waals surface area contributed by atoms with Gasteiger partial charge in [-0.15, -0.1) is 0 Å². The molecule has 6 nitrogen and oxygen atoms in total. The Labute approximate surface area is 151 Å². The molecule has 6 heteroatoms. The highest BCUT2D eigenvalue weighted by molar-refractivity contribution is 5.94. The molecule has 0 saturated carbocycles. The fraction of sp³-hybridized carbons (Fsp3) is 0.150. The van der Waals surface area contributed by atoms with Crippen molar-refractivity contribution >= 4 is 17.9 Å². The highest BCUT2D eigenvalue weighted by Crippen LogP contribution is 2.32. The van der Waals surface area contributed by atoms with Crippen molar-refractivity contribution in [3.8, 4) is 0 Å². The van der Waals surface area contributed by atoms with E-state index < -0.39 is 5.79 Å². The van der Waals surface area contributed by atoms with Gasteiger partial charge in [-0.25, -0.2) is 5.43 Å². The molecule has 3 rings (SSSR count). The van der Waals surface area contributed by atoms with Crippen LogP contribution in [0.1, 0.15) is 29.8 Å². The number of hydrogen-bond acceptors (Lipinski definition) is 5. The first-order valence-electron chi connectivity index (χ1n) is 8.12. The minimum absolute atomic E-state index is 0.309. The molecular weight excluding hydrogens is 330 g/mol. The number of allylic oxidation sites excluding steroid dienone is 2. The summed E-state index contributed by atoms with van der Waals surface area (Å²) in [5, 5.41) is 3.92. The van der Waals surface area contributed by atoms with Crippen molar-refractivity contribution in [1.29, 1.82) is 0 Å². The first kappa shape index (κ1) is 17.4. The number of hydrogen-bond donors (Lipinski definition) is 1. The monoisotopic (exact) mass is 349 g/mol. The van der Waals surface area contributed by atoms with Crippen LogP contribution in [0.5, 0.6) is 0 Å². The average Bonchev–Trinajstić information content (AvgIpc) is 2.65. The molecule has 0 radical (unpaired) electrons. The van der Waals surface area contributed by atoms with Crippen LogP contribution in [-0.2, 0) is 9.47 Å². The quantitative estimate of drug-likeness (QED) is 0.677. The lowest BCUT2D eigenvalue weighted by atomic mass is 10.1. The maximum atomic E-state index is 11.9. The van der Waals surface area contributed by atoms with Gasteiger partial charge in [0.05, 0.1) is 6.21 Å². The van der Waals surface area contributed by atoms with Crippen molar-refractivity contribution in [2.45, 2.75) is 19.6 Å². The SMILES string of the molecule is CC1(C)OC(c2ccccc2)=C/C(=C/C=N/NC(=O)c2ccncc2)O1. The zero-order chi connectivity index (χ0) is 18.4. The topological polar surface area (TPSA) is 72.8 Å². The summed E-state index contributed by atoms with van der Waals surface area (Å²) in [7, 11) is 0. The van der Waals surface area contributed by atoms with Gasteiger partial charge < -0.3 is 9.47 Å². The van der Waals surface area contributed by atoms with Crippen LogP contribution in [0.4, 0.5) is 0 Å². The molecule has 0 bridgehead atoms. The third-order valence-electron chi connectivity index (χ3n) is 3.47. The fourth-order valence-corrected chi connectivity index (χ4v) is 2.36. The van der Waals surface area contributed by atoms with Gasteiger partial charge in [-0.1, -0.05) is 30.3 Å². The van der Waals surface area contributed by atoms with E-state index in [2.05, 4.69) is 15.5 Å². The van der Waals surface area contributed by atoms with E-state index in [4.69, 9.17) is 9.47 Å². The fourth-order valence-electron chi connectivity index (χ4n) is 2.36. The third-order valence-corrected chi connectivity index (χ3v) is 3.47. The van der Waals surface area contributed by atoms with Gasteiger partial charge in [0.25, 0.3) is 5.91 Å². The Morgan fingerprint density at radius 3 is 2.58 bits per heavy atom. The van der Waals surface area contributed by atoms with Crippen molar-refractivity contribution in [2.75, 3.05) is 0 Å². The van der Waals surface area contributed by atoms with Crippen molar-refractivity contribution in [2.24, 2.45) is 5.10 Å². The summed E-state index contributed by atoms with van der Waals surface area (Å²) in [4.78, 5) is 15.8. The maximum Gasteiger partial charge on any atom is 0.271 e. The van der Waals surface area contributed by atoms with E-state index in [1.165, 1.54) is 6.21 Å². The van der Waals surface area contributed by atoms with Crippen LogP contribution in [0.25, 0.3) is 5.76 Å². The Balaban J connectivity index is 1.71. The number of ether oxygens (including phenoxy) is 2. The molecule has 1 aliphatic heterocycles. The molecule has 2 heterocycles. The van der Waals surface area contributed by atoms with Gasteiger partial charge in [-0.05, 0) is 12.1 Å². The molecule has 0 saturated heterocycles. The highest BCUT2D eigenvalue weighted by Gasteiger charge is 2.28. The molecule has 1 aromatic heterocycles. The number of rotatable bonds is 4. The van der Waals surface area contributed by atoms with Crippen molar-refractivity contribution < 1.29 is 14.3 Å². The first-order chi connectivity index (χ1) is 12.5. The molecule has 132 valence electrons. The number of carbonyl (C=O) groups is 1. The smallest absolute Gasteiger partial charge is 0.271 e. The molecule has 0 aliphatic carbocycles. The second-order valence-corrected chi connectivity index (χ2v) is 6.00. The molecular formula is C20H19N3O3. The molecule has 0 fully saturated rings. The van der Waals surface area contributed by atoms with Gasteiger partial charge in [0.1, 0.15) is 11.5 Å². The molecule has 0 unspecified atom stereocenters. The summed E-state index contributed by atoms with van der Waals surface area (Å²) >= 11 is 0. The summed E-state index contributed by atoms with van der Waals surface area (Å²) in [5.74, 6) is 0.181. The second-order valence-electron chi connectivity index (χ2n) is 6.00. The van der Waals surface area contributed by atoms with Crippen molar-refractivity contribution in [3.63, 3.8) is 0 Å². The summed E-state index contributed by atoms with van der Waals surface area (Å²) < 4.78 is 11.6. The van der Waals surface area contributed by atoms with Crippen LogP contribution in [-0.4, -0.2) is 22.9 Å². The van der Waals surface area contributed by atoms with Crippen LogP contribution < -0.4 is 5.43 Å². The Hall–Kier alpha value is -3.41. The van der Waals surface area contributed by atoms with E-state index in [0.717, 1.165) is 5.56 Å². The lowest BCUT2D eigenvalue weighted by Gasteiger charge is -2.33. The molecule has 2 aromatic rings. The number of pyridine rings is 1. The molecule has 1 aliphatic rings. The van der Waals surface area contributed by atoms with Crippen LogP contribution in [0.15, 0.2) is 77.9 Å². The van der Waals surface area contributed by atoms with Crippen molar-refractivity contribution in [1.82, 2.24) is 10.4 Å². The van der Waals surface area contributed by atoms with E-state index in [9.17, 15) is 4.79 Å². The predicted molar refractivity (Wildman–Crippen MR) is 98.9 cm³/mol. The number of nitrogens with zero attached hydrogens (tertiary/aromatic N) is 2. The zero-order valence-corrected chi connectivity index (χ0v) is 14.5. The molecule has 1 N–H and O–H groups in total. The van der Waals surface area contributed by atoms with Crippen LogP contribution >= 0.6 is 0 Å². The molecule has 0 spiro atoms. The minimum atomic E-state index is -0.806. The standard InChI is InChI=1S/C20H19N3O3/c1-20(2)25-17(14-18(26-20)15-6-4-3-5-7-15)10-13-22-23-19(24)16-8-11-21-12-9-16/h3-14H,1-2H3,(H,23,24)/b17-10-,22-13+. The van der Waals surface area contributed by atoms with E-state index in [1.54, 1.807) is 36.7 Å². The van der Waals surface area contributed by atoms with Crippen LogP contribution in [0, 0.1) is 0 Å². The van der Waals surface area contributed by atoms with Crippen LogP contribution in [0.3, 0.4) is 0 Å². The predicted octanol–water partition coefficient (Wildman–Crippen LogP) is 3.51. The number of nitrogens with one attached hydrogen (secondary N) is 1. The van der Waals surface area contributed by atoms with Gasteiger partial charge in [-0.2, -0.15) is 5.10 Å². The average molecular weight is 349 g/mol. The van der Waals surface area contributed by atoms with Gasteiger partial charge in [0.2, 0.25) is 5.79 Å². The number of benzene rings is 1. The van der Waals surface area contributed by atoms with Crippen LogP contribution in [0.2, 0.25) is 0 Å². The zero-order valence-electron chi connectivity index (χ0n) is 14.5. The summed E-state index contributed by atoms with van der Waals surface area (Å²) in [6.07, 6.45) is 8.02. The third kappa shape index (κ3) is 4.57. The first-order valence-corrected chi connectivity index (χ1v) is 8.12. The van der Waals surface area contributed by atoms with Gasteiger partial charge >= 0.3 is 0 Å². The lowest BCUT2D eigenvalue weighted by Crippen LogP contribution is -2.30. The summed E-state index contributed by atoms with van der Waals surface area (Å²) in [5.41, 5.74) is 3.89. The van der Waals surface area contributed by atoms with Gasteiger partial charge in [0, 0.05) is 49.5 Å². The number of carbonyl (C=O) groups excluding carboxylic acids is 1. The van der Waals surface area contributed by atoms with Crippen molar-refractivity contribution in [3.05, 3.63) is 83.9 Å². The Morgan fingerprint density at radius 1 is 1.12 bits per heavy atom. The summed E-state index contributed by atoms with van der Waals surface area (Å²) in [6.45, 7) is 3.66. The Morgan fingerprint density at radius 2 is 1.85 bits per heavy atom. The second kappa shape index (κ2) is 7.65. The van der Waals surface area contributed by atoms with Gasteiger partial charge in [-0.3, -0.25) is 9.78 Å². The molecule has 1 amide bonds. The molecule has 0 atom stereocenters.